The number of nitrogens with one attached hydrogen (secondary N) is 1. The van der Waals surface area contributed by atoms with Gasteiger partial charge >= 0.3 is 0 Å². The lowest BCUT2D eigenvalue weighted by Gasteiger charge is -2.53. The molecule has 5 heteroatoms. The fourth-order valence-corrected chi connectivity index (χ4v) is 6.30. The number of benzene rings is 1. The fourth-order valence-electron chi connectivity index (χ4n) is 6.30. The van der Waals surface area contributed by atoms with Crippen molar-refractivity contribution in [2.24, 2.45) is 11.7 Å². The molecule has 4 N–H and O–H groups in total. The third-order valence-electron chi connectivity index (χ3n) is 8.02. The molecule has 1 aromatic rings. The van der Waals surface area contributed by atoms with Crippen molar-refractivity contribution in [1.82, 2.24) is 5.32 Å². The van der Waals surface area contributed by atoms with Gasteiger partial charge in [-0.2, -0.15) is 0 Å². The lowest BCUT2D eigenvalue weighted by atomic mass is 9.60. The van der Waals surface area contributed by atoms with Crippen molar-refractivity contribution < 1.29 is 14.6 Å². The Bertz CT molecular complexity index is 802. The number of hydrogen-bond donors (Lipinski definition) is 3. The molecule has 2 bridgehead atoms. The molecule has 4 rings (SSSR count). The number of ether oxygens (including phenoxy) is 2. The summed E-state index contributed by atoms with van der Waals surface area (Å²) < 4.78 is 12.1. The number of rotatable bonds is 7. The quantitative estimate of drug-likeness (QED) is 0.559. The van der Waals surface area contributed by atoms with Crippen LogP contribution in [-0.4, -0.2) is 41.2 Å². The molecule has 1 aromatic carbocycles. The highest BCUT2D eigenvalue weighted by atomic mass is 16.6. The maximum Gasteiger partial charge on any atom is 0.115 e. The van der Waals surface area contributed by atoms with Crippen molar-refractivity contribution in [2.75, 3.05) is 13.2 Å². The normalized spacial score (nSPS) is 33.0. The van der Waals surface area contributed by atoms with Crippen LogP contribution in [0.5, 0.6) is 5.75 Å². The van der Waals surface area contributed by atoms with Crippen molar-refractivity contribution in [1.29, 1.82) is 0 Å². The Kier molecular flexibility index (Phi) is 5.96. The summed E-state index contributed by atoms with van der Waals surface area (Å²) in [5, 5.41) is 14.3. The highest BCUT2D eigenvalue weighted by molar-refractivity contribution is 5.44. The summed E-state index contributed by atoms with van der Waals surface area (Å²) in [6, 6.07) is 6.50. The van der Waals surface area contributed by atoms with Gasteiger partial charge in [0.15, 0.2) is 0 Å². The van der Waals surface area contributed by atoms with Crippen LogP contribution in [0.2, 0.25) is 0 Å². The Morgan fingerprint density at radius 1 is 1.16 bits per heavy atom. The zero-order chi connectivity index (χ0) is 22.5. The molecular weight excluding hydrogens is 388 g/mol. The number of piperidine rings is 1. The number of phenolic OH excluding ortho intramolecular Hbond substituents is 1. The molecule has 0 amide bonds. The monoisotopic (exact) mass is 430 g/mol. The van der Waals surface area contributed by atoms with Crippen molar-refractivity contribution >= 4 is 0 Å². The largest absolute Gasteiger partial charge is 0.508 e. The van der Waals surface area contributed by atoms with Gasteiger partial charge in [-0.1, -0.05) is 19.4 Å². The van der Waals surface area contributed by atoms with Gasteiger partial charge in [0.05, 0.1) is 12.2 Å². The Balaban J connectivity index is 1.45. The van der Waals surface area contributed by atoms with E-state index in [1.165, 1.54) is 43.2 Å². The van der Waals surface area contributed by atoms with Gasteiger partial charge in [0.25, 0.3) is 0 Å². The predicted molar refractivity (Wildman–Crippen MR) is 124 cm³/mol. The number of aromatic hydroxyl groups is 1. The minimum atomic E-state index is -0.642. The van der Waals surface area contributed by atoms with E-state index in [0.29, 0.717) is 24.3 Å². The number of nitrogens with two attached hydrogens (primary N) is 1. The molecule has 31 heavy (non-hydrogen) atoms. The first-order valence-electron chi connectivity index (χ1n) is 12.1. The zero-order valence-corrected chi connectivity index (χ0v) is 20.1. The molecule has 3 aliphatic rings. The summed E-state index contributed by atoms with van der Waals surface area (Å²) in [5.74, 6) is 1.06. The molecule has 2 saturated heterocycles. The van der Waals surface area contributed by atoms with E-state index in [4.69, 9.17) is 15.2 Å². The molecule has 0 saturated carbocycles. The molecule has 5 nitrogen and oxygen atoms in total. The van der Waals surface area contributed by atoms with Gasteiger partial charge < -0.3 is 25.6 Å². The molecule has 2 heterocycles. The van der Waals surface area contributed by atoms with E-state index in [0.717, 1.165) is 19.4 Å². The highest BCUT2D eigenvalue weighted by Gasteiger charge is 2.53. The predicted octanol–water partition coefficient (Wildman–Crippen LogP) is 4.39. The Labute approximate surface area is 188 Å². The number of hydrogen-bond acceptors (Lipinski definition) is 5. The van der Waals surface area contributed by atoms with Crippen molar-refractivity contribution in [3.05, 3.63) is 29.3 Å². The minimum Gasteiger partial charge on any atom is -0.508 e. The van der Waals surface area contributed by atoms with Crippen molar-refractivity contribution in [3.8, 4) is 5.75 Å². The zero-order valence-electron chi connectivity index (χ0n) is 20.1. The van der Waals surface area contributed by atoms with E-state index in [-0.39, 0.29) is 16.6 Å². The molecule has 2 fully saturated rings. The molecule has 2 aliphatic heterocycles. The topological polar surface area (TPSA) is 76.7 Å². The van der Waals surface area contributed by atoms with Crippen molar-refractivity contribution in [2.45, 2.75) is 108 Å². The number of phenols is 1. The van der Waals surface area contributed by atoms with E-state index < -0.39 is 5.72 Å². The lowest BCUT2D eigenvalue weighted by molar-refractivity contribution is -0.122. The first-order valence-corrected chi connectivity index (χ1v) is 12.1. The van der Waals surface area contributed by atoms with E-state index in [1.807, 2.05) is 26.0 Å². The molecule has 0 aromatic heterocycles. The van der Waals surface area contributed by atoms with E-state index >= 15 is 0 Å². The van der Waals surface area contributed by atoms with Crippen molar-refractivity contribution in [3.63, 3.8) is 0 Å². The fraction of sp³-hybridized carbons (Fsp3) is 0.769. The van der Waals surface area contributed by atoms with Crippen LogP contribution >= 0.6 is 0 Å². The second kappa shape index (κ2) is 8.02. The summed E-state index contributed by atoms with van der Waals surface area (Å²) >= 11 is 0. The summed E-state index contributed by atoms with van der Waals surface area (Å²) in [6.07, 6.45) is 8.19. The summed E-state index contributed by atoms with van der Waals surface area (Å²) in [7, 11) is 0. The molecule has 0 radical (unpaired) electrons. The van der Waals surface area contributed by atoms with Crippen LogP contribution in [0, 0.1) is 5.92 Å². The van der Waals surface area contributed by atoms with Crippen LogP contribution in [0.3, 0.4) is 0 Å². The summed E-state index contributed by atoms with van der Waals surface area (Å²) in [5.41, 5.74) is 8.00. The van der Waals surface area contributed by atoms with Crippen LogP contribution in [0.1, 0.15) is 84.3 Å². The van der Waals surface area contributed by atoms with Gasteiger partial charge in [-0.3, -0.25) is 0 Å². The lowest BCUT2D eigenvalue weighted by Crippen LogP contribution is -2.63. The summed E-state index contributed by atoms with van der Waals surface area (Å²) in [4.78, 5) is 0. The summed E-state index contributed by atoms with van der Waals surface area (Å²) in [6.45, 7) is 11.5. The van der Waals surface area contributed by atoms with Gasteiger partial charge in [0.1, 0.15) is 11.5 Å². The Morgan fingerprint density at radius 3 is 2.68 bits per heavy atom. The van der Waals surface area contributed by atoms with E-state index in [1.54, 1.807) is 0 Å². The average Bonchev–Trinajstić information content (AvgIpc) is 2.80. The third kappa shape index (κ3) is 4.80. The first kappa shape index (κ1) is 23.0. The van der Waals surface area contributed by atoms with Crippen LogP contribution in [0.15, 0.2) is 18.2 Å². The average molecular weight is 431 g/mol. The number of fused-ring (bicyclic) bond motifs is 3. The van der Waals surface area contributed by atoms with Gasteiger partial charge in [0.2, 0.25) is 0 Å². The third-order valence-corrected chi connectivity index (χ3v) is 8.02. The van der Waals surface area contributed by atoms with Gasteiger partial charge in [0, 0.05) is 23.6 Å². The van der Waals surface area contributed by atoms with Gasteiger partial charge in [-0.05, 0) is 95.4 Å². The molecule has 1 aliphatic carbocycles. The molecule has 4 atom stereocenters. The molecule has 2 unspecified atom stereocenters. The van der Waals surface area contributed by atoms with Gasteiger partial charge in [-0.15, -0.1) is 0 Å². The second-order valence-corrected chi connectivity index (χ2v) is 11.8. The Hall–Kier alpha value is -1.14. The SMILES string of the molecule is CC(C)(N)OCC(C)(C)OCCC12CCC[C@]3(C)c4cc(O)ccc4C[C@H](CC1)C3N2. The van der Waals surface area contributed by atoms with E-state index in [2.05, 4.69) is 32.2 Å². The minimum absolute atomic E-state index is 0.0832. The van der Waals surface area contributed by atoms with Crippen LogP contribution in [-0.2, 0) is 21.3 Å². The molecule has 174 valence electrons. The molecular formula is C26H42N2O3. The standard InChI is InChI=1S/C26H42N2O3/c1-23(2,17-31-24(3,4)27)30-14-13-26-11-6-10-25(5)21-16-20(29)8-7-18(21)15-19(9-12-26)22(25)28-26/h7-8,16,19,22,28-29H,6,9-15,17,27H2,1-5H3/t19-,22?,25+,26?/m0/s1. The van der Waals surface area contributed by atoms with E-state index in [9.17, 15) is 5.11 Å². The maximum absolute atomic E-state index is 10.2. The maximum atomic E-state index is 10.2. The van der Waals surface area contributed by atoms with Crippen LogP contribution < -0.4 is 11.1 Å². The van der Waals surface area contributed by atoms with Crippen LogP contribution in [0.25, 0.3) is 0 Å². The second-order valence-electron chi connectivity index (χ2n) is 11.8. The first-order chi connectivity index (χ1) is 14.4. The highest BCUT2D eigenvalue weighted by Crippen LogP contribution is 2.52. The van der Waals surface area contributed by atoms with Gasteiger partial charge in [-0.25, -0.2) is 0 Å². The Morgan fingerprint density at radius 2 is 1.94 bits per heavy atom. The molecule has 0 spiro atoms. The smallest absolute Gasteiger partial charge is 0.115 e. The van der Waals surface area contributed by atoms with Crippen LogP contribution in [0.4, 0.5) is 0 Å².